The summed E-state index contributed by atoms with van der Waals surface area (Å²) in [7, 11) is 0. The van der Waals surface area contributed by atoms with E-state index in [1.165, 1.54) is 0 Å². The normalized spacial score (nSPS) is 17.1. The lowest BCUT2D eigenvalue weighted by Gasteiger charge is -2.27. The summed E-state index contributed by atoms with van der Waals surface area (Å²) < 4.78 is 5.96. The Morgan fingerprint density at radius 3 is 2.85 bits per heavy atom. The molecule has 102 valence electrons. The Hall–Kier alpha value is -2.00. The van der Waals surface area contributed by atoms with Crippen LogP contribution in [0.3, 0.4) is 0 Å². The molecule has 1 heterocycles. The van der Waals surface area contributed by atoms with Crippen LogP contribution in [0.4, 0.5) is 0 Å². The highest BCUT2D eigenvalue weighted by Gasteiger charge is 2.23. The zero-order valence-electron chi connectivity index (χ0n) is 10.7. The summed E-state index contributed by atoms with van der Waals surface area (Å²) in [6.45, 7) is 0. The Morgan fingerprint density at radius 2 is 2.05 bits per heavy atom. The number of rotatable bonds is 2. The molecule has 0 fully saturated rings. The standard InChI is InChI=1S/C16H13ClO3/c17-13-6-2-3-10-7-8-14(20-15(10)13)11-4-1-5-12(9-11)16(18)19/h1-6,9,14H,7-8H2,(H,18,19). The topological polar surface area (TPSA) is 46.5 Å². The van der Waals surface area contributed by atoms with E-state index in [0.717, 1.165) is 24.0 Å². The zero-order chi connectivity index (χ0) is 14.1. The van der Waals surface area contributed by atoms with Gasteiger partial charge in [-0.25, -0.2) is 4.79 Å². The van der Waals surface area contributed by atoms with Crippen molar-refractivity contribution < 1.29 is 14.6 Å². The van der Waals surface area contributed by atoms with Crippen molar-refractivity contribution in [3.63, 3.8) is 0 Å². The zero-order valence-corrected chi connectivity index (χ0v) is 11.4. The molecule has 1 unspecified atom stereocenters. The highest BCUT2D eigenvalue weighted by atomic mass is 35.5. The summed E-state index contributed by atoms with van der Waals surface area (Å²) >= 11 is 6.16. The van der Waals surface area contributed by atoms with Crippen LogP contribution in [0.5, 0.6) is 5.75 Å². The lowest BCUT2D eigenvalue weighted by Crippen LogP contribution is -2.16. The first-order chi connectivity index (χ1) is 9.65. The largest absolute Gasteiger partial charge is 0.484 e. The number of carboxylic acids is 1. The van der Waals surface area contributed by atoms with E-state index >= 15 is 0 Å². The number of carbonyl (C=O) groups is 1. The van der Waals surface area contributed by atoms with E-state index in [1.807, 2.05) is 18.2 Å². The number of para-hydroxylation sites is 1. The fourth-order valence-electron chi connectivity index (χ4n) is 2.48. The van der Waals surface area contributed by atoms with Gasteiger partial charge in [0, 0.05) is 0 Å². The predicted molar refractivity (Wildman–Crippen MR) is 76.5 cm³/mol. The molecule has 0 bridgehead atoms. The van der Waals surface area contributed by atoms with E-state index in [0.29, 0.717) is 10.8 Å². The molecule has 20 heavy (non-hydrogen) atoms. The molecule has 3 nitrogen and oxygen atoms in total. The number of carboxylic acid groups (broad SMARTS) is 1. The molecule has 2 aromatic carbocycles. The first-order valence-electron chi connectivity index (χ1n) is 6.42. The molecule has 0 spiro atoms. The molecule has 1 atom stereocenters. The molecule has 1 aliphatic heterocycles. The number of aromatic carboxylic acids is 1. The minimum atomic E-state index is -0.930. The SMILES string of the molecule is O=C(O)c1cccc(C2CCc3cccc(Cl)c3O2)c1. The van der Waals surface area contributed by atoms with Crippen LogP contribution in [0.1, 0.15) is 34.0 Å². The van der Waals surface area contributed by atoms with Crippen LogP contribution in [0.2, 0.25) is 5.02 Å². The molecule has 0 radical (unpaired) electrons. The Balaban J connectivity index is 1.92. The van der Waals surface area contributed by atoms with Crippen LogP contribution in [-0.2, 0) is 6.42 Å². The van der Waals surface area contributed by atoms with Gasteiger partial charge >= 0.3 is 5.97 Å². The summed E-state index contributed by atoms with van der Waals surface area (Å²) in [4.78, 5) is 11.0. The van der Waals surface area contributed by atoms with Gasteiger partial charge in [0.05, 0.1) is 10.6 Å². The molecule has 0 saturated heterocycles. The highest BCUT2D eigenvalue weighted by Crippen LogP contribution is 2.39. The minimum absolute atomic E-state index is 0.151. The molecule has 0 amide bonds. The van der Waals surface area contributed by atoms with Gasteiger partial charge in [0.1, 0.15) is 11.9 Å². The van der Waals surface area contributed by atoms with Gasteiger partial charge in [-0.2, -0.15) is 0 Å². The van der Waals surface area contributed by atoms with Gasteiger partial charge in [-0.15, -0.1) is 0 Å². The summed E-state index contributed by atoms with van der Waals surface area (Å²) in [5.41, 5.74) is 2.25. The molecule has 0 aromatic heterocycles. The molecular formula is C16H13ClO3. The number of hydrogen-bond donors (Lipinski definition) is 1. The maximum atomic E-state index is 11.0. The summed E-state index contributed by atoms with van der Waals surface area (Å²) in [6, 6.07) is 12.6. The molecule has 2 aromatic rings. The monoisotopic (exact) mass is 288 g/mol. The average molecular weight is 289 g/mol. The van der Waals surface area contributed by atoms with E-state index in [4.69, 9.17) is 21.4 Å². The summed E-state index contributed by atoms with van der Waals surface area (Å²) in [6.07, 6.45) is 1.54. The Kier molecular flexibility index (Phi) is 3.36. The maximum Gasteiger partial charge on any atom is 0.335 e. The van der Waals surface area contributed by atoms with Gasteiger partial charge < -0.3 is 9.84 Å². The number of halogens is 1. The molecule has 1 aliphatic rings. The third-order valence-electron chi connectivity index (χ3n) is 3.49. The van der Waals surface area contributed by atoms with Crippen LogP contribution in [-0.4, -0.2) is 11.1 Å². The van der Waals surface area contributed by atoms with Crippen molar-refractivity contribution in [2.45, 2.75) is 18.9 Å². The van der Waals surface area contributed by atoms with Crippen molar-refractivity contribution in [3.05, 3.63) is 64.2 Å². The average Bonchev–Trinajstić information content (AvgIpc) is 2.47. The van der Waals surface area contributed by atoms with Gasteiger partial charge in [0.2, 0.25) is 0 Å². The van der Waals surface area contributed by atoms with Crippen LogP contribution < -0.4 is 4.74 Å². The first kappa shape index (κ1) is 13.0. The van der Waals surface area contributed by atoms with Crippen LogP contribution in [0, 0.1) is 0 Å². The van der Waals surface area contributed by atoms with E-state index in [-0.39, 0.29) is 11.7 Å². The van der Waals surface area contributed by atoms with E-state index in [9.17, 15) is 4.79 Å². The third kappa shape index (κ3) is 2.37. The van der Waals surface area contributed by atoms with Crippen molar-refractivity contribution in [1.82, 2.24) is 0 Å². The lowest BCUT2D eigenvalue weighted by molar-refractivity contribution is 0.0696. The first-order valence-corrected chi connectivity index (χ1v) is 6.80. The number of aryl methyl sites for hydroxylation is 1. The fourth-order valence-corrected chi connectivity index (χ4v) is 2.72. The number of ether oxygens (including phenoxy) is 1. The number of benzene rings is 2. The Bertz CT molecular complexity index is 667. The second-order valence-electron chi connectivity index (χ2n) is 4.80. The van der Waals surface area contributed by atoms with E-state index in [1.54, 1.807) is 24.3 Å². The number of fused-ring (bicyclic) bond motifs is 1. The smallest absolute Gasteiger partial charge is 0.335 e. The Labute approximate surface area is 121 Å². The highest BCUT2D eigenvalue weighted by molar-refractivity contribution is 6.32. The number of hydrogen-bond acceptors (Lipinski definition) is 2. The summed E-state index contributed by atoms with van der Waals surface area (Å²) in [5, 5.41) is 9.65. The van der Waals surface area contributed by atoms with E-state index in [2.05, 4.69) is 0 Å². The van der Waals surface area contributed by atoms with Gasteiger partial charge in [-0.05, 0) is 42.2 Å². The summed E-state index contributed by atoms with van der Waals surface area (Å²) in [5.74, 6) is -0.216. The van der Waals surface area contributed by atoms with Crippen molar-refractivity contribution in [1.29, 1.82) is 0 Å². The van der Waals surface area contributed by atoms with Crippen molar-refractivity contribution in [3.8, 4) is 5.75 Å². The van der Waals surface area contributed by atoms with E-state index < -0.39 is 5.97 Å². The quantitative estimate of drug-likeness (QED) is 0.905. The Morgan fingerprint density at radius 1 is 1.25 bits per heavy atom. The van der Waals surface area contributed by atoms with Crippen LogP contribution >= 0.6 is 11.6 Å². The van der Waals surface area contributed by atoms with Crippen LogP contribution in [0.25, 0.3) is 0 Å². The second-order valence-corrected chi connectivity index (χ2v) is 5.21. The molecule has 0 saturated carbocycles. The second kappa shape index (κ2) is 5.17. The molecule has 3 rings (SSSR count). The molecule has 0 aliphatic carbocycles. The van der Waals surface area contributed by atoms with Crippen molar-refractivity contribution >= 4 is 17.6 Å². The van der Waals surface area contributed by atoms with Crippen LogP contribution in [0.15, 0.2) is 42.5 Å². The van der Waals surface area contributed by atoms with Gasteiger partial charge in [-0.3, -0.25) is 0 Å². The van der Waals surface area contributed by atoms with Gasteiger partial charge in [0.25, 0.3) is 0 Å². The molecule has 4 heteroatoms. The van der Waals surface area contributed by atoms with Crippen molar-refractivity contribution in [2.75, 3.05) is 0 Å². The van der Waals surface area contributed by atoms with Gasteiger partial charge in [0.15, 0.2) is 0 Å². The fraction of sp³-hybridized carbons (Fsp3) is 0.188. The molecular weight excluding hydrogens is 276 g/mol. The van der Waals surface area contributed by atoms with Crippen molar-refractivity contribution in [2.24, 2.45) is 0 Å². The minimum Gasteiger partial charge on any atom is -0.484 e. The third-order valence-corrected chi connectivity index (χ3v) is 3.79. The van der Waals surface area contributed by atoms with Gasteiger partial charge in [-0.1, -0.05) is 35.9 Å². The predicted octanol–water partition coefficient (Wildman–Crippen LogP) is 4.10. The molecule has 1 N–H and O–H groups in total. The maximum absolute atomic E-state index is 11.0. The lowest BCUT2D eigenvalue weighted by atomic mass is 9.96.